The van der Waals surface area contributed by atoms with Gasteiger partial charge in [-0.25, -0.2) is 0 Å². The van der Waals surface area contributed by atoms with Crippen molar-refractivity contribution in [3.8, 4) is 0 Å². The van der Waals surface area contributed by atoms with Crippen LogP contribution in [0.25, 0.3) is 0 Å². The fourth-order valence-corrected chi connectivity index (χ4v) is 2.25. The van der Waals surface area contributed by atoms with Crippen LogP contribution in [0.4, 0.5) is 0 Å². The zero-order valence-corrected chi connectivity index (χ0v) is 10.3. The average molecular weight is 228 g/mol. The highest BCUT2D eigenvalue weighted by Gasteiger charge is 2.29. The van der Waals surface area contributed by atoms with Gasteiger partial charge in [0, 0.05) is 25.6 Å². The van der Waals surface area contributed by atoms with E-state index in [1.54, 1.807) is 6.92 Å². The van der Waals surface area contributed by atoms with Gasteiger partial charge in [0.25, 0.3) is 0 Å². The second kappa shape index (κ2) is 6.86. The van der Waals surface area contributed by atoms with Gasteiger partial charge in [-0.1, -0.05) is 13.3 Å². The minimum Gasteiger partial charge on any atom is -0.392 e. The number of aliphatic hydroxyl groups is 1. The molecule has 0 aromatic heterocycles. The molecule has 3 N–H and O–H groups in total. The Morgan fingerprint density at radius 1 is 1.44 bits per heavy atom. The first-order valence-corrected chi connectivity index (χ1v) is 6.27. The first kappa shape index (κ1) is 13.5. The van der Waals surface area contributed by atoms with Crippen LogP contribution in [0, 0.1) is 11.8 Å². The molecule has 0 saturated heterocycles. The SMILES string of the molecule is CC(O)CNCCNC(=O)C1CCCC1C. The summed E-state index contributed by atoms with van der Waals surface area (Å²) in [5, 5.41) is 15.0. The van der Waals surface area contributed by atoms with E-state index in [2.05, 4.69) is 17.6 Å². The van der Waals surface area contributed by atoms with Gasteiger partial charge in [-0.05, 0) is 25.7 Å². The number of amides is 1. The van der Waals surface area contributed by atoms with Crippen LogP contribution in [-0.2, 0) is 4.79 Å². The van der Waals surface area contributed by atoms with Crippen molar-refractivity contribution >= 4 is 5.91 Å². The van der Waals surface area contributed by atoms with Gasteiger partial charge in [0.1, 0.15) is 0 Å². The van der Waals surface area contributed by atoms with Crippen LogP contribution in [0.2, 0.25) is 0 Å². The number of nitrogens with one attached hydrogen (secondary N) is 2. The highest BCUT2D eigenvalue weighted by atomic mass is 16.3. The van der Waals surface area contributed by atoms with Gasteiger partial charge in [-0.2, -0.15) is 0 Å². The van der Waals surface area contributed by atoms with Crippen LogP contribution in [0.5, 0.6) is 0 Å². The van der Waals surface area contributed by atoms with Crippen molar-refractivity contribution in [2.45, 2.75) is 39.2 Å². The molecule has 1 saturated carbocycles. The van der Waals surface area contributed by atoms with Gasteiger partial charge in [0.05, 0.1) is 6.10 Å². The molecule has 0 aromatic rings. The van der Waals surface area contributed by atoms with Crippen LogP contribution in [0.3, 0.4) is 0 Å². The summed E-state index contributed by atoms with van der Waals surface area (Å²) >= 11 is 0. The Morgan fingerprint density at radius 3 is 2.75 bits per heavy atom. The highest BCUT2D eigenvalue weighted by Crippen LogP contribution is 2.30. The Morgan fingerprint density at radius 2 is 2.19 bits per heavy atom. The predicted octanol–water partition coefficient (Wildman–Crippen LogP) is 0.509. The normalized spacial score (nSPS) is 26.7. The Hall–Kier alpha value is -0.610. The predicted molar refractivity (Wildman–Crippen MR) is 64.1 cm³/mol. The highest BCUT2D eigenvalue weighted by molar-refractivity contribution is 5.79. The summed E-state index contributed by atoms with van der Waals surface area (Å²) in [5.41, 5.74) is 0. The molecule has 0 heterocycles. The lowest BCUT2D eigenvalue weighted by Gasteiger charge is -2.15. The van der Waals surface area contributed by atoms with E-state index in [1.165, 1.54) is 12.8 Å². The minimum absolute atomic E-state index is 0.198. The lowest BCUT2D eigenvalue weighted by molar-refractivity contribution is -0.125. The molecule has 1 amide bonds. The third-order valence-corrected chi connectivity index (χ3v) is 3.24. The van der Waals surface area contributed by atoms with E-state index < -0.39 is 0 Å². The number of hydrogen-bond donors (Lipinski definition) is 3. The molecular formula is C12H24N2O2. The maximum absolute atomic E-state index is 11.8. The van der Waals surface area contributed by atoms with Gasteiger partial charge in [0.15, 0.2) is 0 Å². The molecule has 4 nitrogen and oxygen atoms in total. The van der Waals surface area contributed by atoms with Crippen molar-refractivity contribution in [2.75, 3.05) is 19.6 Å². The third kappa shape index (κ3) is 4.49. The van der Waals surface area contributed by atoms with Crippen molar-refractivity contribution in [2.24, 2.45) is 11.8 Å². The monoisotopic (exact) mass is 228 g/mol. The third-order valence-electron chi connectivity index (χ3n) is 3.24. The Kier molecular flexibility index (Phi) is 5.77. The first-order valence-electron chi connectivity index (χ1n) is 6.27. The topological polar surface area (TPSA) is 61.4 Å². The molecule has 1 aliphatic rings. The summed E-state index contributed by atoms with van der Waals surface area (Å²) in [6.45, 7) is 5.84. The van der Waals surface area contributed by atoms with Gasteiger partial charge >= 0.3 is 0 Å². The second-order valence-corrected chi connectivity index (χ2v) is 4.86. The van der Waals surface area contributed by atoms with Gasteiger partial charge in [-0.15, -0.1) is 0 Å². The van der Waals surface area contributed by atoms with Gasteiger partial charge < -0.3 is 15.7 Å². The van der Waals surface area contributed by atoms with Gasteiger partial charge in [-0.3, -0.25) is 4.79 Å². The number of rotatable bonds is 6. The summed E-state index contributed by atoms with van der Waals surface area (Å²) in [4.78, 5) is 11.8. The quantitative estimate of drug-likeness (QED) is 0.580. The van der Waals surface area contributed by atoms with Crippen LogP contribution >= 0.6 is 0 Å². The zero-order valence-electron chi connectivity index (χ0n) is 10.3. The number of carbonyl (C=O) groups is 1. The molecule has 3 atom stereocenters. The van der Waals surface area contributed by atoms with E-state index in [4.69, 9.17) is 5.11 Å². The standard InChI is InChI=1S/C12H24N2O2/c1-9-4-3-5-11(9)12(16)14-7-6-13-8-10(2)15/h9-11,13,15H,3-8H2,1-2H3,(H,14,16). The fourth-order valence-electron chi connectivity index (χ4n) is 2.25. The molecule has 1 rings (SSSR count). The fraction of sp³-hybridized carbons (Fsp3) is 0.917. The summed E-state index contributed by atoms with van der Waals surface area (Å²) in [6.07, 6.45) is 3.07. The molecule has 0 spiro atoms. The van der Waals surface area contributed by atoms with Crippen molar-refractivity contribution in [1.29, 1.82) is 0 Å². The zero-order chi connectivity index (χ0) is 12.0. The Labute approximate surface area is 97.8 Å². The van der Waals surface area contributed by atoms with Crippen LogP contribution < -0.4 is 10.6 Å². The summed E-state index contributed by atoms with van der Waals surface area (Å²) in [6, 6.07) is 0. The largest absolute Gasteiger partial charge is 0.392 e. The van der Waals surface area contributed by atoms with E-state index in [0.717, 1.165) is 13.0 Å². The molecule has 0 aliphatic heterocycles. The number of hydrogen-bond acceptors (Lipinski definition) is 3. The molecule has 16 heavy (non-hydrogen) atoms. The molecule has 4 heteroatoms. The van der Waals surface area contributed by atoms with E-state index in [9.17, 15) is 4.79 Å². The maximum atomic E-state index is 11.8. The van der Waals surface area contributed by atoms with E-state index in [-0.39, 0.29) is 17.9 Å². The molecular weight excluding hydrogens is 204 g/mol. The van der Waals surface area contributed by atoms with Crippen LogP contribution in [0.1, 0.15) is 33.1 Å². The minimum atomic E-state index is -0.328. The summed E-state index contributed by atoms with van der Waals surface area (Å²) < 4.78 is 0. The Bertz CT molecular complexity index is 219. The average Bonchev–Trinajstić information content (AvgIpc) is 2.63. The van der Waals surface area contributed by atoms with E-state index >= 15 is 0 Å². The number of aliphatic hydroxyl groups excluding tert-OH is 1. The lowest BCUT2D eigenvalue weighted by atomic mass is 9.97. The molecule has 1 aliphatic carbocycles. The van der Waals surface area contributed by atoms with Crippen molar-refractivity contribution in [3.63, 3.8) is 0 Å². The molecule has 0 bridgehead atoms. The van der Waals surface area contributed by atoms with Crippen LogP contribution in [0.15, 0.2) is 0 Å². The van der Waals surface area contributed by atoms with E-state index in [1.807, 2.05) is 0 Å². The molecule has 94 valence electrons. The van der Waals surface area contributed by atoms with E-state index in [0.29, 0.717) is 19.0 Å². The lowest BCUT2D eigenvalue weighted by Crippen LogP contribution is -2.38. The summed E-state index contributed by atoms with van der Waals surface area (Å²) in [7, 11) is 0. The Balaban J connectivity index is 2.06. The van der Waals surface area contributed by atoms with Crippen molar-refractivity contribution < 1.29 is 9.90 Å². The summed E-state index contributed by atoms with van der Waals surface area (Å²) in [5.74, 6) is 0.950. The smallest absolute Gasteiger partial charge is 0.223 e. The molecule has 0 radical (unpaired) electrons. The first-order chi connectivity index (χ1) is 7.61. The molecule has 0 aromatic carbocycles. The van der Waals surface area contributed by atoms with Crippen LogP contribution in [-0.4, -0.2) is 36.8 Å². The van der Waals surface area contributed by atoms with Gasteiger partial charge in [0.2, 0.25) is 5.91 Å². The van der Waals surface area contributed by atoms with Crippen molar-refractivity contribution in [1.82, 2.24) is 10.6 Å². The van der Waals surface area contributed by atoms with Crippen molar-refractivity contribution in [3.05, 3.63) is 0 Å². The number of carbonyl (C=O) groups excluding carboxylic acids is 1. The maximum Gasteiger partial charge on any atom is 0.223 e. The molecule has 3 unspecified atom stereocenters. The molecule has 1 fully saturated rings. The second-order valence-electron chi connectivity index (χ2n) is 4.86.